The molecule has 1 saturated heterocycles. The van der Waals surface area contributed by atoms with Gasteiger partial charge in [0.1, 0.15) is 41.8 Å². The van der Waals surface area contributed by atoms with E-state index in [1.807, 2.05) is 43.7 Å². The van der Waals surface area contributed by atoms with E-state index in [0.717, 1.165) is 43.2 Å². The quantitative estimate of drug-likeness (QED) is 0.213. The van der Waals surface area contributed by atoms with E-state index in [9.17, 15) is 27.6 Å². The molecule has 3 aromatic rings. The predicted molar refractivity (Wildman–Crippen MR) is 220 cm³/mol. The van der Waals surface area contributed by atoms with Crippen molar-refractivity contribution in [2.45, 2.75) is 109 Å². The number of pyridine rings is 1. The van der Waals surface area contributed by atoms with Gasteiger partial charge in [-0.05, 0) is 74.5 Å². The Balaban J connectivity index is 1.28. The number of fused-ring (bicyclic) bond motifs is 3. The number of alkyl carbamates (subject to hydrolysis) is 1. The molecule has 2 aliphatic carbocycles. The van der Waals surface area contributed by atoms with E-state index in [2.05, 4.69) is 27.4 Å². The number of sulfonamides is 1. The Morgan fingerprint density at radius 1 is 1.13 bits per heavy atom. The van der Waals surface area contributed by atoms with Crippen molar-refractivity contribution in [3.05, 3.63) is 53.9 Å². The summed E-state index contributed by atoms with van der Waals surface area (Å²) >= 11 is 0. The molecule has 1 aromatic carbocycles. The Kier molecular flexibility index (Phi) is 12.1. The lowest BCUT2D eigenvalue weighted by Gasteiger charge is -2.32. The van der Waals surface area contributed by atoms with Gasteiger partial charge in [-0.25, -0.2) is 18.2 Å². The van der Waals surface area contributed by atoms with Gasteiger partial charge in [-0.1, -0.05) is 32.8 Å². The molecule has 4 amide bonds. The number of carbonyl (C=O) groups excluding carboxylic acids is 4. The van der Waals surface area contributed by atoms with E-state index >= 15 is 0 Å². The van der Waals surface area contributed by atoms with Gasteiger partial charge < -0.3 is 34.5 Å². The number of aryl methyl sites for hydroxylation is 2. The van der Waals surface area contributed by atoms with Crippen LogP contribution in [0.15, 0.2) is 36.9 Å². The van der Waals surface area contributed by atoms with Crippen molar-refractivity contribution < 1.29 is 46.5 Å². The van der Waals surface area contributed by atoms with Gasteiger partial charge in [-0.15, -0.1) is 6.58 Å². The number of aromatic amines is 1. The summed E-state index contributed by atoms with van der Waals surface area (Å²) < 4.78 is 50.7. The Morgan fingerprint density at radius 3 is 2.57 bits per heavy atom. The Morgan fingerprint density at radius 2 is 1.90 bits per heavy atom. The number of nitrogens with one attached hydrogen (secondary N) is 4. The lowest BCUT2D eigenvalue weighted by molar-refractivity contribution is -0.142. The second kappa shape index (κ2) is 16.9. The summed E-state index contributed by atoms with van der Waals surface area (Å²) in [7, 11) is -2.37. The van der Waals surface area contributed by atoms with Gasteiger partial charge in [0.25, 0.3) is 5.91 Å². The molecule has 18 heteroatoms. The minimum atomic E-state index is -3.96. The van der Waals surface area contributed by atoms with E-state index in [1.165, 1.54) is 11.0 Å². The average Bonchev–Trinajstić information content (AvgIpc) is 3.59. The first kappa shape index (κ1) is 42.7. The fourth-order valence-electron chi connectivity index (χ4n) is 8.76. The van der Waals surface area contributed by atoms with Crippen molar-refractivity contribution in [1.82, 2.24) is 35.4 Å². The number of hydrogen-bond acceptors (Lipinski definition) is 12. The third kappa shape index (κ3) is 9.48. The zero-order chi connectivity index (χ0) is 43.0. The van der Waals surface area contributed by atoms with Gasteiger partial charge in [-0.2, -0.15) is 5.10 Å². The number of aromatic nitrogens is 3. The van der Waals surface area contributed by atoms with Gasteiger partial charge in [0.2, 0.25) is 27.7 Å². The summed E-state index contributed by atoms with van der Waals surface area (Å²) in [6, 6.07) is 5.19. The van der Waals surface area contributed by atoms with Crippen LogP contribution in [-0.2, 0) is 42.2 Å². The number of methoxy groups -OCH3 is 1. The summed E-state index contributed by atoms with van der Waals surface area (Å²) in [4.78, 5) is 62.4. The van der Waals surface area contributed by atoms with Gasteiger partial charge in [0.15, 0.2) is 0 Å². The molecule has 17 nitrogen and oxygen atoms in total. The molecule has 0 radical (unpaired) electrons. The van der Waals surface area contributed by atoms with Crippen molar-refractivity contribution in [1.29, 1.82) is 0 Å². The van der Waals surface area contributed by atoms with Crippen LogP contribution in [0.3, 0.4) is 0 Å². The van der Waals surface area contributed by atoms with Gasteiger partial charge >= 0.3 is 6.09 Å². The molecule has 4 N–H and O–H groups in total. The van der Waals surface area contributed by atoms with Gasteiger partial charge in [-0.3, -0.25) is 24.2 Å². The van der Waals surface area contributed by atoms with E-state index < -0.39 is 68.9 Å². The summed E-state index contributed by atoms with van der Waals surface area (Å²) in [5.74, 6) is -1.52. The van der Waals surface area contributed by atoms with Crippen molar-refractivity contribution >= 4 is 44.7 Å². The summed E-state index contributed by atoms with van der Waals surface area (Å²) in [5, 5.41) is 13.5. The molecule has 2 aliphatic heterocycles. The normalized spacial score (nSPS) is 26.0. The molecule has 2 aromatic heterocycles. The smallest absolute Gasteiger partial charge is 0.407 e. The topological polar surface area (TPSA) is 220 Å². The third-order valence-corrected chi connectivity index (χ3v) is 12.6. The maximum Gasteiger partial charge on any atom is 0.407 e. The highest BCUT2D eigenvalue weighted by Crippen LogP contribution is 2.45. The Bertz CT molecular complexity index is 2270. The fourth-order valence-corrected chi connectivity index (χ4v) is 9.28. The van der Waals surface area contributed by atoms with E-state index in [1.54, 1.807) is 13.2 Å². The number of rotatable bonds is 10. The molecule has 4 aliphatic rings. The molecule has 0 unspecified atom stereocenters. The number of cyclic esters (lactones) is 1. The summed E-state index contributed by atoms with van der Waals surface area (Å²) in [6.45, 7) is 9.89. The first-order valence-electron chi connectivity index (χ1n) is 20.5. The third-order valence-electron chi connectivity index (χ3n) is 12.1. The van der Waals surface area contributed by atoms with Crippen molar-refractivity contribution in [3.63, 3.8) is 0 Å². The van der Waals surface area contributed by atoms with Crippen LogP contribution < -0.4 is 29.6 Å². The van der Waals surface area contributed by atoms with Gasteiger partial charge in [0.05, 0.1) is 37.7 Å². The number of nitrogens with zero attached hydrogens (tertiary/aromatic N) is 3. The second-order valence-electron chi connectivity index (χ2n) is 17.4. The van der Waals surface area contributed by atoms with Crippen LogP contribution in [0.1, 0.15) is 82.2 Å². The predicted octanol–water partition coefficient (Wildman–Crippen LogP) is 3.99. The van der Waals surface area contributed by atoms with Crippen LogP contribution in [0.25, 0.3) is 10.9 Å². The van der Waals surface area contributed by atoms with Crippen molar-refractivity contribution in [2.24, 2.45) is 17.3 Å². The average molecular weight is 850 g/mol. The summed E-state index contributed by atoms with van der Waals surface area (Å²) in [6.07, 6.45) is 6.23. The highest BCUT2D eigenvalue weighted by molar-refractivity contribution is 7.89. The number of ether oxygens (including phenoxy) is 4. The number of benzene rings is 1. The largest absolute Gasteiger partial charge is 0.496 e. The minimum Gasteiger partial charge on any atom is -0.496 e. The maximum absolute atomic E-state index is 14.9. The first-order chi connectivity index (χ1) is 28.5. The van der Waals surface area contributed by atoms with E-state index in [4.69, 9.17) is 23.9 Å². The van der Waals surface area contributed by atoms with Crippen LogP contribution in [0.4, 0.5) is 4.79 Å². The minimum absolute atomic E-state index is 0.00565. The van der Waals surface area contributed by atoms with E-state index in [-0.39, 0.29) is 44.4 Å². The lowest BCUT2D eigenvalue weighted by Crippen LogP contribution is -2.59. The Hall–Kier alpha value is -5.39. The lowest BCUT2D eigenvalue weighted by atomic mass is 9.87. The number of carbonyl (C=O) groups is 4. The molecule has 5 atom stereocenters. The van der Waals surface area contributed by atoms with Crippen LogP contribution in [0, 0.1) is 24.2 Å². The molecule has 2 saturated carbocycles. The van der Waals surface area contributed by atoms with Crippen molar-refractivity contribution in [3.8, 4) is 17.4 Å². The molecule has 0 spiro atoms. The second-order valence-corrected chi connectivity index (χ2v) is 19.2. The highest BCUT2D eigenvalue weighted by Gasteiger charge is 2.61. The number of hydrogen-bond donors (Lipinski definition) is 4. The number of H-pyrrole nitrogens is 1. The molecule has 4 heterocycles. The van der Waals surface area contributed by atoms with E-state index in [0.29, 0.717) is 47.4 Å². The molecule has 324 valence electrons. The molecular formula is C42H55N7O10S. The highest BCUT2D eigenvalue weighted by atomic mass is 32.2. The molecule has 60 heavy (non-hydrogen) atoms. The standard InChI is InChI=1S/C42H55N7O10S/c1-7-27-20-42(27,39(52)48-60(6,54)55)45-37(50)32-17-29-21-49(32)38(51)36(25-11-8-9-12-25)44-40(53)58-23-41(3,4)14-10-13-26-16-30-31(18-33(26)56-5)43-35(19-34(30)59-29)57-22-28-15-24(2)46-47-28/h7,15-16,18-19,25,27,29,32,36H,1,8-14,17,20-23H2,2-6H3,(H,44,53)(H,45,50)(H,46,47)(H,48,52)/t27-,29-,32+,36+,42-/m1/s1. The fraction of sp³-hybridized carbons (Fsp3) is 0.571. The van der Waals surface area contributed by atoms with Gasteiger partial charge in [0, 0.05) is 35.6 Å². The molecule has 7 rings (SSSR count). The molecule has 3 fully saturated rings. The molecule has 4 bridgehead atoms. The van der Waals surface area contributed by atoms with Crippen LogP contribution >= 0.6 is 0 Å². The summed E-state index contributed by atoms with van der Waals surface area (Å²) in [5.41, 5.74) is 1.01. The Labute approximate surface area is 349 Å². The van der Waals surface area contributed by atoms with Crippen LogP contribution in [0.2, 0.25) is 0 Å². The zero-order valence-electron chi connectivity index (χ0n) is 34.8. The number of amides is 4. The monoisotopic (exact) mass is 849 g/mol. The maximum atomic E-state index is 14.9. The first-order valence-corrected chi connectivity index (χ1v) is 22.4. The van der Waals surface area contributed by atoms with Crippen LogP contribution in [-0.4, -0.2) is 103 Å². The molecular weight excluding hydrogens is 795 g/mol. The SMILES string of the molecule is C=C[C@@H]1C[C@]1(NC(=O)[C@@H]1C[C@@H]2CN1C(=O)[C@H](C1CCCC1)NC(=O)OCC(C)(C)CCCc1cc3c(cc(OCc4cc(C)[nH]n4)nc3cc1OC)O2)C(=O)NS(C)(=O)=O. The van der Waals surface area contributed by atoms with Crippen molar-refractivity contribution in [2.75, 3.05) is 26.5 Å². The van der Waals surface area contributed by atoms with Crippen LogP contribution in [0.5, 0.6) is 17.4 Å². The zero-order valence-corrected chi connectivity index (χ0v) is 35.6.